The van der Waals surface area contributed by atoms with Crippen LogP contribution in [0.1, 0.15) is 98.9 Å². The molecule has 6 unspecified atom stereocenters. The molecule has 6 atom stereocenters. The zero-order valence-electron chi connectivity index (χ0n) is 78.5. The number of aliphatic hydroxyl groups excluding tert-OH is 2. The number of aryl methyl sites for hydroxylation is 3. The molecule has 5 aliphatic heterocycles. The van der Waals surface area contributed by atoms with E-state index in [0.717, 1.165) is 153 Å². The van der Waals surface area contributed by atoms with E-state index in [9.17, 15) is 83.5 Å². The maximum absolute atomic E-state index is 13.2. The summed E-state index contributed by atoms with van der Waals surface area (Å²) < 4.78 is 216. The summed E-state index contributed by atoms with van der Waals surface area (Å²) in [7, 11) is -5.66. The van der Waals surface area contributed by atoms with Crippen LogP contribution in [0.25, 0.3) is 54.5 Å². The molecule has 0 saturated carbocycles. The number of hydrogen-bond acceptors (Lipinski definition) is 18. The van der Waals surface area contributed by atoms with Crippen LogP contribution in [0.3, 0.4) is 0 Å². The molecular weight excluding hydrogens is 1960 g/mol. The molecule has 40 heteroatoms. The molecule has 10 heterocycles. The molecule has 747 valence electrons. The minimum Gasteiger partial charge on any atom is -1.00 e. The zero-order valence-corrected chi connectivity index (χ0v) is 84.3. The molecule has 5 aliphatic rings. The molecule has 3 radical (unpaired) electrons. The van der Waals surface area contributed by atoms with Gasteiger partial charge in [0.2, 0.25) is 40.1 Å². The average Bonchev–Trinajstić information content (AvgIpc) is 1.59. The summed E-state index contributed by atoms with van der Waals surface area (Å²) >= 11 is 0. The van der Waals surface area contributed by atoms with Gasteiger partial charge in [-0.3, -0.25) is 4.79 Å². The van der Waals surface area contributed by atoms with E-state index in [2.05, 4.69) is 89.9 Å². The van der Waals surface area contributed by atoms with Gasteiger partial charge in [-0.15, -0.1) is 0 Å². The number of ketones is 1. The Morgan fingerprint density at radius 2 is 0.732 bits per heavy atom. The number of rotatable bonds is 17. The van der Waals surface area contributed by atoms with Gasteiger partial charge in [-0.1, -0.05) is 106 Å². The van der Waals surface area contributed by atoms with Crippen molar-refractivity contribution in [2.45, 2.75) is 173 Å². The maximum atomic E-state index is 13.2. The summed E-state index contributed by atoms with van der Waals surface area (Å²) in [4.78, 5) is 36.8. The number of sulfonamides is 4. The molecular formula is C102H111BClF5N10NaO17S5. The molecule has 20 rings (SSSR count). The third kappa shape index (κ3) is 24.8. The van der Waals surface area contributed by atoms with E-state index in [0.29, 0.717) is 80.1 Å². The van der Waals surface area contributed by atoms with Gasteiger partial charge in [0.15, 0.2) is 6.10 Å². The van der Waals surface area contributed by atoms with Crippen LogP contribution in [0.15, 0.2) is 285 Å². The number of carbonyl (C=O) groups excluding carboxylic acids is 3. The van der Waals surface area contributed by atoms with Crippen LogP contribution in [-0.4, -0.2) is 187 Å². The van der Waals surface area contributed by atoms with E-state index in [4.69, 9.17) is 26.3 Å². The zero-order chi connectivity index (χ0) is 99.0. The predicted octanol–water partition coefficient (Wildman–Crippen LogP) is 13.2. The van der Waals surface area contributed by atoms with E-state index in [1.165, 1.54) is 134 Å². The smallest absolute Gasteiger partial charge is 1.00 e. The molecule has 27 nitrogen and oxygen atoms in total. The summed E-state index contributed by atoms with van der Waals surface area (Å²) in [5.41, 5.74) is 17.3. The first-order valence-electron chi connectivity index (χ1n) is 44.0. The second kappa shape index (κ2) is 48.1. The molecule has 0 saturated heterocycles. The van der Waals surface area contributed by atoms with Crippen molar-refractivity contribution in [3.05, 3.63) is 330 Å². The number of nitrogens with two attached hydrogens (primary N) is 1. The number of nitrogens with one attached hydrogen (secondary N) is 1. The number of methoxy groups -OCH3 is 2. The fourth-order valence-electron chi connectivity index (χ4n) is 18.3. The Labute approximate surface area is 853 Å². The Balaban J connectivity index is 0.000000194. The molecule has 0 bridgehead atoms. The van der Waals surface area contributed by atoms with Crippen LogP contribution in [0, 0.1) is 29.1 Å². The van der Waals surface area contributed by atoms with Crippen molar-refractivity contribution in [3.63, 3.8) is 0 Å². The number of aromatic nitrogens is 5. The summed E-state index contributed by atoms with van der Waals surface area (Å²) in [6.45, 7) is 2.88. The molecule has 142 heavy (non-hydrogen) atoms. The SMILES string of the molecule is C.C.CN(C1CCc2cc3ccccc3n2C1)S(=O)(=O)c1ccc(F)cc1.CO.COC(=O)C(=O)c1c2n(c3ccccc13)CC(N(C)S(=O)(=O)c1ccc(F)cc1)CC2.COC(=O)C(O)c1c2n(c3ccccc13)CC(N(C)S(=O)(=O)c1ccc(F)cc1)CC2.NC1CCc2cc3ccccc3n2C1.O=S(=O)(Cl)c1ccc(F)cc1.O=S(=O)(NC1CCc2cc3ccccc3n2C1)c1ccc(F)cc1.[B].[H-].[Na+]. The van der Waals surface area contributed by atoms with Crippen LogP contribution in [-0.2, 0) is 133 Å². The molecule has 0 fully saturated rings. The van der Waals surface area contributed by atoms with Crippen molar-refractivity contribution in [3.8, 4) is 0 Å². The largest absolute Gasteiger partial charge is 1.00 e. The van der Waals surface area contributed by atoms with Crippen molar-refractivity contribution in [1.29, 1.82) is 0 Å². The number of hydrogen-bond donors (Lipinski definition) is 4. The van der Waals surface area contributed by atoms with Gasteiger partial charge in [0.25, 0.3) is 14.8 Å². The van der Waals surface area contributed by atoms with Crippen molar-refractivity contribution in [1.82, 2.24) is 40.5 Å². The van der Waals surface area contributed by atoms with Gasteiger partial charge in [-0.05, 0) is 250 Å². The maximum Gasteiger partial charge on any atom is 1.00 e. The quantitative estimate of drug-likeness (QED) is 0.0164. The number of carbonyl (C=O) groups is 3. The van der Waals surface area contributed by atoms with Crippen LogP contribution < -0.4 is 40.0 Å². The number of nitrogens with zero attached hydrogens (tertiary/aromatic N) is 8. The number of aliphatic hydroxyl groups is 2. The van der Waals surface area contributed by atoms with Crippen LogP contribution >= 0.6 is 10.7 Å². The number of esters is 2. The number of fused-ring (bicyclic) bond motifs is 15. The molecule has 5 N–H and O–H groups in total. The number of benzene rings is 10. The van der Waals surface area contributed by atoms with Crippen molar-refractivity contribution >= 4 is 140 Å². The molecule has 0 amide bonds. The minimum absolute atomic E-state index is 0. The normalized spacial score (nSPS) is 16.5. The van der Waals surface area contributed by atoms with Crippen LogP contribution in [0.4, 0.5) is 22.0 Å². The van der Waals surface area contributed by atoms with E-state index in [1.54, 1.807) is 19.2 Å². The van der Waals surface area contributed by atoms with E-state index in [-0.39, 0.29) is 103 Å². The third-order valence-electron chi connectivity index (χ3n) is 25.4. The standard InChI is InChI=1S/C22H23FN2O5S.C22H21FN2O5S.C19H19FN2O2S.C18H17FN2O2S.C12H14N2.C6H4ClFO2S.CH4O.2CH4.B.Na.H/c2*1-24(31(28,29)16-10-7-14(23)8-11-16)15-9-12-19-20(21(26)22(27)30-2)17-5-3-4-6-18(17)25(19)13-15;1-21(25(23,24)18-10-6-15(20)7-11-18)17-9-8-16-12-14-4-2-3-5-19(14)22(16)13-17;19-14-5-9-17(10-6-14)24(22,23)20-15-7-8-16-11-13-3-1-2-4-18(13)21(16)12-15;13-10-5-6-11-7-9-3-1-2-4-12(9)14(11)8-10;7-11(9,10)6-3-1-5(8)2-4-6;1-2;;;;;/h3-8,10-11,15,21,26H,9,12-13H2,1-2H3;3-8,10-11,15H,9,12-13H2,1-2H3;2-7,10-12,17H,8-9,13H2,1H3;1-6,9-11,15,20H,7-8,12H2;1-4,7,10H,5-6,8,13H2;1-4H;2H,1H3;2*1H4;;;/q;;;;;;;;;;+1;-1. The Bertz CT molecular complexity index is 7630. The topological polar surface area (TPSA) is 353 Å². The second-order valence-electron chi connectivity index (χ2n) is 33.6. The second-order valence-corrected chi connectivity index (χ2v) is 43.9. The molecule has 0 aliphatic carbocycles. The molecule has 0 spiro atoms. The van der Waals surface area contributed by atoms with Crippen molar-refractivity contribution in [2.75, 3.05) is 42.5 Å². The summed E-state index contributed by atoms with van der Waals surface area (Å²) in [6.07, 6.45) is 5.88. The van der Waals surface area contributed by atoms with Crippen LogP contribution in [0.2, 0.25) is 0 Å². The number of ether oxygens (including phenoxy) is 2. The van der Waals surface area contributed by atoms with Gasteiger partial charge in [-0.2, -0.15) is 12.9 Å². The van der Waals surface area contributed by atoms with Gasteiger partial charge in [-0.25, -0.2) is 78.4 Å². The van der Waals surface area contributed by atoms with Gasteiger partial charge >= 0.3 is 41.5 Å². The van der Waals surface area contributed by atoms with Crippen molar-refractivity contribution in [2.24, 2.45) is 5.73 Å². The summed E-state index contributed by atoms with van der Waals surface area (Å²) in [6, 6.07) is 69.0. The number of halogens is 6. The fourth-order valence-corrected chi connectivity index (χ4v) is 24.4. The first-order valence-corrected chi connectivity index (χ1v) is 52.2. The first-order chi connectivity index (χ1) is 65.8. The summed E-state index contributed by atoms with van der Waals surface area (Å²) in [5, 5.41) is 22.7. The monoisotopic (exact) mass is 2070 g/mol. The average molecular weight is 2070 g/mol. The Morgan fingerprint density at radius 3 is 1.13 bits per heavy atom. The first kappa shape index (κ1) is 113. The van der Waals surface area contributed by atoms with E-state index >= 15 is 0 Å². The molecule has 5 aromatic heterocycles. The Morgan fingerprint density at radius 1 is 0.415 bits per heavy atom. The van der Waals surface area contributed by atoms with Crippen molar-refractivity contribution < 1.29 is 129 Å². The fraction of sp³-hybridized carbons (Fsp3) is 0.284. The minimum atomic E-state index is -3.83. The van der Waals surface area contributed by atoms with Gasteiger partial charge < -0.3 is 49.7 Å². The number of para-hydroxylation sites is 5. The Hall–Kier alpha value is -11.0. The molecule has 15 aromatic rings. The Kier molecular flexibility index (Phi) is 38.3. The summed E-state index contributed by atoms with van der Waals surface area (Å²) in [5.74, 6) is -4.77. The van der Waals surface area contributed by atoms with E-state index < -0.39 is 102 Å². The van der Waals surface area contributed by atoms with E-state index in [1.807, 2.05) is 69.8 Å². The van der Waals surface area contributed by atoms with Gasteiger partial charge in [0, 0.05) is 183 Å². The molecule has 10 aromatic carbocycles. The number of likely N-dealkylation sites (N-methyl/N-ethyl adjacent to an activating group) is 3. The number of Topliss-reactive ketones (excluding diaryl/α,β-unsaturated/α-hetero) is 1. The van der Waals surface area contributed by atoms with Gasteiger partial charge in [0.1, 0.15) is 29.1 Å². The van der Waals surface area contributed by atoms with Gasteiger partial charge in [0.05, 0.1) is 44.3 Å². The van der Waals surface area contributed by atoms with Crippen LogP contribution in [0.5, 0.6) is 0 Å². The predicted molar refractivity (Wildman–Crippen MR) is 536 cm³/mol. The third-order valence-corrected chi connectivity index (χ3v) is 34.1.